The standard InChI is InChI=1S/C9H14N2O5S/c1-4-7(9(12)13)11-17(14,15)8-5(2)10-16-6(8)3/h7,11H,4H2,1-3H3,(H,12,13)/t7-/m1/s1. The Morgan fingerprint density at radius 3 is 2.47 bits per heavy atom. The Balaban J connectivity index is 3.09. The van der Waals surface area contributed by atoms with Gasteiger partial charge in [0, 0.05) is 0 Å². The van der Waals surface area contributed by atoms with Crippen LogP contribution in [0.2, 0.25) is 0 Å². The van der Waals surface area contributed by atoms with E-state index < -0.39 is 22.0 Å². The largest absolute Gasteiger partial charge is 0.480 e. The number of rotatable bonds is 5. The van der Waals surface area contributed by atoms with E-state index >= 15 is 0 Å². The Morgan fingerprint density at radius 1 is 1.53 bits per heavy atom. The van der Waals surface area contributed by atoms with E-state index in [9.17, 15) is 13.2 Å². The lowest BCUT2D eigenvalue weighted by Crippen LogP contribution is -2.40. The van der Waals surface area contributed by atoms with Gasteiger partial charge in [0.2, 0.25) is 10.0 Å². The minimum Gasteiger partial charge on any atom is -0.480 e. The van der Waals surface area contributed by atoms with Crippen molar-refractivity contribution in [3.63, 3.8) is 0 Å². The van der Waals surface area contributed by atoms with Crippen molar-refractivity contribution in [3.8, 4) is 0 Å². The van der Waals surface area contributed by atoms with E-state index in [2.05, 4.69) is 9.88 Å². The number of nitrogens with zero attached hydrogens (tertiary/aromatic N) is 1. The zero-order valence-corrected chi connectivity index (χ0v) is 10.5. The molecule has 0 saturated heterocycles. The number of carbonyl (C=O) groups is 1. The molecule has 1 aromatic heterocycles. The molecule has 0 aliphatic carbocycles. The van der Waals surface area contributed by atoms with Crippen LogP contribution in [-0.4, -0.2) is 30.7 Å². The van der Waals surface area contributed by atoms with Crippen molar-refractivity contribution < 1.29 is 22.8 Å². The van der Waals surface area contributed by atoms with Crippen molar-refractivity contribution in [2.75, 3.05) is 0 Å². The average molecular weight is 262 g/mol. The third kappa shape index (κ3) is 2.83. The predicted molar refractivity (Wildman–Crippen MR) is 58.0 cm³/mol. The van der Waals surface area contributed by atoms with Gasteiger partial charge >= 0.3 is 5.97 Å². The maximum absolute atomic E-state index is 11.9. The van der Waals surface area contributed by atoms with Crippen LogP contribution in [0.4, 0.5) is 0 Å². The highest BCUT2D eigenvalue weighted by atomic mass is 32.2. The fourth-order valence-corrected chi connectivity index (χ4v) is 3.01. The van der Waals surface area contributed by atoms with Crippen molar-refractivity contribution in [2.24, 2.45) is 0 Å². The number of aromatic nitrogens is 1. The number of carboxylic acids is 1. The molecule has 0 spiro atoms. The van der Waals surface area contributed by atoms with Crippen LogP contribution in [0.25, 0.3) is 0 Å². The fraction of sp³-hybridized carbons (Fsp3) is 0.556. The molecule has 0 unspecified atom stereocenters. The second-order valence-corrected chi connectivity index (χ2v) is 5.22. The van der Waals surface area contributed by atoms with Gasteiger partial charge in [0.15, 0.2) is 5.76 Å². The Bertz CT molecular complexity index is 500. The van der Waals surface area contributed by atoms with Crippen molar-refractivity contribution in [2.45, 2.75) is 38.1 Å². The van der Waals surface area contributed by atoms with E-state index in [4.69, 9.17) is 9.63 Å². The first-order valence-electron chi connectivity index (χ1n) is 4.97. The van der Waals surface area contributed by atoms with Crippen molar-refractivity contribution >= 4 is 16.0 Å². The van der Waals surface area contributed by atoms with Gasteiger partial charge in [-0.05, 0) is 20.3 Å². The van der Waals surface area contributed by atoms with E-state index in [-0.39, 0.29) is 22.8 Å². The number of aliphatic carboxylic acids is 1. The van der Waals surface area contributed by atoms with E-state index in [1.165, 1.54) is 13.8 Å². The van der Waals surface area contributed by atoms with Gasteiger partial charge < -0.3 is 9.63 Å². The number of hydrogen-bond donors (Lipinski definition) is 2. The SMILES string of the molecule is CC[C@@H](NS(=O)(=O)c1c(C)noc1C)C(=O)O. The number of aryl methyl sites for hydroxylation is 2. The van der Waals surface area contributed by atoms with Crippen LogP contribution in [0.1, 0.15) is 24.8 Å². The van der Waals surface area contributed by atoms with Gasteiger partial charge in [-0.2, -0.15) is 4.72 Å². The summed E-state index contributed by atoms with van der Waals surface area (Å²) in [5, 5.41) is 12.3. The fourth-order valence-electron chi connectivity index (χ4n) is 1.41. The molecule has 0 radical (unpaired) electrons. The van der Waals surface area contributed by atoms with E-state index in [1.807, 2.05) is 0 Å². The summed E-state index contributed by atoms with van der Waals surface area (Å²) in [7, 11) is -3.92. The maximum Gasteiger partial charge on any atom is 0.321 e. The van der Waals surface area contributed by atoms with Crippen LogP contribution in [-0.2, 0) is 14.8 Å². The first-order chi connectivity index (χ1) is 7.79. The zero-order valence-electron chi connectivity index (χ0n) is 9.72. The van der Waals surface area contributed by atoms with Crippen molar-refractivity contribution in [1.29, 1.82) is 0 Å². The number of carboxylic acid groups (broad SMARTS) is 1. The molecule has 7 nitrogen and oxygen atoms in total. The van der Waals surface area contributed by atoms with Crippen molar-refractivity contribution in [3.05, 3.63) is 11.5 Å². The molecule has 0 aliphatic rings. The summed E-state index contributed by atoms with van der Waals surface area (Å²) in [5.74, 6) is -1.09. The minimum atomic E-state index is -3.92. The molecule has 0 fully saturated rings. The molecule has 0 bridgehead atoms. The lowest BCUT2D eigenvalue weighted by molar-refractivity contribution is -0.139. The lowest BCUT2D eigenvalue weighted by Gasteiger charge is -2.12. The van der Waals surface area contributed by atoms with Crippen molar-refractivity contribution in [1.82, 2.24) is 9.88 Å². The normalized spacial score (nSPS) is 13.6. The summed E-state index contributed by atoms with van der Waals surface area (Å²) in [6, 6.07) is -1.16. The second-order valence-electron chi connectivity index (χ2n) is 3.57. The van der Waals surface area contributed by atoms with Crippen LogP contribution in [0.5, 0.6) is 0 Å². The Labute approximate surface area is 98.9 Å². The molecule has 1 rings (SSSR count). The molecule has 1 heterocycles. The topological polar surface area (TPSA) is 110 Å². The molecule has 2 N–H and O–H groups in total. The quantitative estimate of drug-likeness (QED) is 0.796. The first-order valence-corrected chi connectivity index (χ1v) is 6.46. The maximum atomic E-state index is 11.9. The molecule has 0 aromatic carbocycles. The van der Waals surface area contributed by atoms with Gasteiger partial charge in [0.1, 0.15) is 16.6 Å². The number of hydrogen-bond acceptors (Lipinski definition) is 5. The Morgan fingerprint density at radius 2 is 2.12 bits per heavy atom. The third-order valence-corrected chi connectivity index (χ3v) is 3.96. The van der Waals surface area contributed by atoms with Gasteiger partial charge in [0.25, 0.3) is 0 Å². The van der Waals surface area contributed by atoms with Gasteiger partial charge in [-0.15, -0.1) is 0 Å². The average Bonchev–Trinajstić information content (AvgIpc) is 2.55. The molecule has 0 aliphatic heterocycles. The van der Waals surface area contributed by atoms with Crippen LogP contribution < -0.4 is 4.72 Å². The first kappa shape index (κ1) is 13.7. The molecule has 1 atom stereocenters. The van der Waals surface area contributed by atoms with Gasteiger partial charge in [-0.25, -0.2) is 8.42 Å². The molecular formula is C9H14N2O5S. The van der Waals surface area contributed by atoms with Crippen LogP contribution in [0.3, 0.4) is 0 Å². The molecule has 0 saturated carbocycles. The molecule has 17 heavy (non-hydrogen) atoms. The molecule has 1 aromatic rings. The third-order valence-electron chi connectivity index (χ3n) is 2.24. The smallest absolute Gasteiger partial charge is 0.321 e. The van der Waals surface area contributed by atoms with E-state index in [0.717, 1.165) is 0 Å². The summed E-state index contributed by atoms with van der Waals surface area (Å²) in [6.45, 7) is 4.51. The summed E-state index contributed by atoms with van der Waals surface area (Å²) >= 11 is 0. The lowest BCUT2D eigenvalue weighted by atomic mass is 10.2. The Hall–Kier alpha value is -1.41. The monoisotopic (exact) mass is 262 g/mol. The highest BCUT2D eigenvalue weighted by molar-refractivity contribution is 7.89. The molecule has 8 heteroatoms. The van der Waals surface area contributed by atoms with Gasteiger partial charge in [0.05, 0.1) is 0 Å². The highest BCUT2D eigenvalue weighted by Crippen LogP contribution is 2.19. The summed E-state index contributed by atoms with van der Waals surface area (Å²) < 4.78 is 30.7. The minimum absolute atomic E-state index is 0.0998. The van der Waals surface area contributed by atoms with Gasteiger partial charge in [-0.1, -0.05) is 12.1 Å². The number of nitrogens with one attached hydrogen (secondary N) is 1. The van der Waals surface area contributed by atoms with Crippen LogP contribution in [0.15, 0.2) is 9.42 Å². The molecule has 96 valence electrons. The van der Waals surface area contributed by atoms with Crippen LogP contribution in [0, 0.1) is 13.8 Å². The molecule has 0 amide bonds. The van der Waals surface area contributed by atoms with Gasteiger partial charge in [-0.3, -0.25) is 4.79 Å². The summed E-state index contributed by atoms with van der Waals surface area (Å²) in [4.78, 5) is 10.7. The molecular weight excluding hydrogens is 248 g/mol. The van der Waals surface area contributed by atoms with E-state index in [0.29, 0.717) is 0 Å². The highest BCUT2D eigenvalue weighted by Gasteiger charge is 2.29. The summed E-state index contributed by atoms with van der Waals surface area (Å²) in [6.07, 6.45) is 0.151. The van der Waals surface area contributed by atoms with E-state index in [1.54, 1.807) is 6.92 Å². The second kappa shape index (κ2) is 4.84. The predicted octanol–water partition coefficient (Wildman–Crippen LogP) is 0.433. The zero-order chi connectivity index (χ0) is 13.2. The summed E-state index contributed by atoms with van der Waals surface area (Å²) in [5.41, 5.74) is 0.204. The van der Waals surface area contributed by atoms with Crippen LogP contribution >= 0.6 is 0 Å². The Kier molecular flexibility index (Phi) is 3.89. The number of sulfonamides is 1.